The van der Waals surface area contributed by atoms with E-state index in [0.29, 0.717) is 23.6 Å². The summed E-state index contributed by atoms with van der Waals surface area (Å²) in [5, 5.41) is 5.32. The first kappa shape index (κ1) is 29.9. The van der Waals surface area contributed by atoms with Crippen molar-refractivity contribution in [3.8, 4) is 11.5 Å². The molecule has 1 aliphatic heterocycles. The number of ketones is 1. The molecule has 1 fully saturated rings. The van der Waals surface area contributed by atoms with E-state index in [4.69, 9.17) is 9.47 Å². The fraction of sp³-hybridized carbons (Fsp3) is 0.345. The maximum Gasteiger partial charge on any atom is 0.328 e. The monoisotopic (exact) mass is 550 g/mol. The van der Waals surface area contributed by atoms with Crippen LogP contribution in [0.15, 0.2) is 49.1 Å². The smallest absolute Gasteiger partial charge is 0.328 e. The molecule has 212 valence electrons. The molecule has 0 radical (unpaired) electrons. The van der Waals surface area contributed by atoms with E-state index < -0.39 is 29.7 Å². The highest BCUT2D eigenvalue weighted by Crippen LogP contribution is 2.29. The lowest BCUT2D eigenvalue weighted by Crippen LogP contribution is -2.51. The molecule has 0 bridgehead atoms. The molecule has 0 saturated carbocycles. The summed E-state index contributed by atoms with van der Waals surface area (Å²) in [5.74, 6) is -1.48. The van der Waals surface area contributed by atoms with E-state index in [2.05, 4.69) is 17.2 Å². The quantitative estimate of drug-likeness (QED) is 0.169. The average Bonchev–Trinajstić information content (AvgIpc) is 3.16. The van der Waals surface area contributed by atoms with Crippen molar-refractivity contribution in [3.05, 3.63) is 60.2 Å². The predicted octanol–water partition coefficient (Wildman–Crippen LogP) is 3.46. The number of aryl methyl sites for hydroxylation is 2. The van der Waals surface area contributed by atoms with Gasteiger partial charge in [0.15, 0.2) is 11.8 Å². The molecule has 2 aromatic carbocycles. The number of nitrogens with one attached hydrogen (secondary N) is 2. The first-order valence-electron chi connectivity index (χ1n) is 12.8. The fourth-order valence-electron chi connectivity index (χ4n) is 4.29. The lowest BCUT2D eigenvalue weighted by molar-refractivity contribution is -0.138. The number of hydrogen-bond donors (Lipinski definition) is 2. The Kier molecular flexibility index (Phi) is 10.0. The summed E-state index contributed by atoms with van der Waals surface area (Å²) in [6.45, 7) is 8.84. The van der Waals surface area contributed by atoms with Gasteiger partial charge in [-0.25, -0.2) is 9.69 Å². The fourth-order valence-corrected chi connectivity index (χ4v) is 4.29. The van der Waals surface area contributed by atoms with Gasteiger partial charge in [-0.15, -0.1) is 6.58 Å². The van der Waals surface area contributed by atoms with Crippen LogP contribution in [0.25, 0.3) is 0 Å². The molecule has 11 nitrogen and oxygen atoms in total. The van der Waals surface area contributed by atoms with E-state index >= 15 is 0 Å². The van der Waals surface area contributed by atoms with Crippen LogP contribution in [0.1, 0.15) is 30.9 Å². The van der Waals surface area contributed by atoms with Crippen LogP contribution in [0.5, 0.6) is 11.5 Å². The number of urea groups is 1. The highest BCUT2D eigenvalue weighted by molar-refractivity contribution is 6.17. The van der Waals surface area contributed by atoms with Gasteiger partial charge in [0, 0.05) is 18.7 Å². The van der Waals surface area contributed by atoms with Crippen LogP contribution < -0.4 is 20.1 Å². The number of anilines is 2. The number of carbonyl (C=O) groups is 5. The van der Waals surface area contributed by atoms with Crippen molar-refractivity contribution >= 4 is 40.9 Å². The zero-order chi connectivity index (χ0) is 29.4. The minimum atomic E-state index is -1.67. The van der Waals surface area contributed by atoms with Crippen LogP contribution in [0.4, 0.5) is 16.2 Å². The Balaban J connectivity index is 1.64. The zero-order valence-electron chi connectivity index (χ0n) is 23.1. The van der Waals surface area contributed by atoms with E-state index in [0.717, 1.165) is 23.8 Å². The summed E-state index contributed by atoms with van der Waals surface area (Å²) in [6, 6.07) is 8.07. The van der Waals surface area contributed by atoms with E-state index in [9.17, 15) is 24.0 Å². The van der Waals surface area contributed by atoms with Gasteiger partial charge < -0.3 is 25.0 Å². The van der Waals surface area contributed by atoms with E-state index in [1.165, 1.54) is 30.2 Å². The Hall–Kier alpha value is -4.67. The summed E-state index contributed by atoms with van der Waals surface area (Å²) in [4.78, 5) is 65.1. The number of carbonyl (C=O) groups excluding carboxylic acids is 5. The molecule has 3 rings (SSSR count). The molecule has 40 heavy (non-hydrogen) atoms. The number of ether oxygens (including phenoxy) is 2. The normalized spacial score (nSPS) is 13.6. The molecule has 5 amide bonds. The zero-order valence-corrected chi connectivity index (χ0v) is 23.1. The molecule has 2 aromatic rings. The Morgan fingerprint density at radius 2 is 1.80 bits per heavy atom. The molecule has 1 aliphatic rings. The van der Waals surface area contributed by atoms with Gasteiger partial charge in [0.2, 0.25) is 5.91 Å². The van der Waals surface area contributed by atoms with Crippen molar-refractivity contribution < 1.29 is 33.4 Å². The van der Waals surface area contributed by atoms with Crippen LogP contribution in [-0.4, -0.2) is 72.2 Å². The number of amides is 5. The summed E-state index contributed by atoms with van der Waals surface area (Å²) < 4.78 is 11.1. The van der Waals surface area contributed by atoms with Crippen LogP contribution in [0.2, 0.25) is 0 Å². The van der Waals surface area contributed by atoms with Crippen LogP contribution >= 0.6 is 0 Å². The second kappa shape index (κ2) is 13.4. The summed E-state index contributed by atoms with van der Waals surface area (Å²) in [7, 11) is 1.39. The Morgan fingerprint density at radius 1 is 1.07 bits per heavy atom. The largest absolute Gasteiger partial charge is 0.495 e. The molecule has 0 aliphatic carbocycles. The maximum atomic E-state index is 13.2. The van der Waals surface area contributed by atoms with Crippen molar-refractivity contribution in [1.29, 1.82) is 0 Å². The highest BCUT2D eigenvalue weighted by Gasteiger charge is 2.45. The van der Waals surface area contributed by atoms with Crippen molar-refractivity contribution in [2.75, 3.05) is 37.4 Å². The van der Waals surface area contributed by atoms with Crippen molar-refractivity contribution in [3.63, 3.8) is 0 Å². The molecule has 1 saturated heterocycles. The first-order chi connectivity index (χ1) is 19.0. The molecule has 1 atom stereocenters. The third kappa shape index (κ3) is 7.25. The van der Waals surface area contributed by atoms with Gasteiger partial charge in [-0.05, 0) is 57.0 Å². The summed E-state index contributed by atoms with van der Waals surface area (Å²) in [5.41, 5.74) is 2.69. The highest BCUT2D eigenvalue weighted by atomic mass is 16.5. The average molecular weight is 551 g/mol. The second-order valence-electron chi connectivity index (χ2n) is 9.40. The Bertz CT molecular complexity index is 1320. The van der Waals surface area contributed by atoms with E-state index in [-0.39, 0.29) is 36.9 Å². The molecule has 2 N–H and O–H groups in total. The van der Waals surface area contributed by atoms with E-state index in [1.54, 1.807) is 6.07 Å². The lowest BCUT2D eigenvalue weighted by Gasteiger charge is -2.24. The Morgan fingerprint density at radius 3 is 2.45 bits per heavy atom. The Labute approximate surface area is 233 Å². The minimum Gasteiger partial charge on any atom is -0.495 e. The molecular formula is C29H34N4O7. The number of imide groups is 1. The molecular weight excluding hydrogens is 516 g/mol. The standard InChI is InChI=1S/C29H34N4O7/c1-6-13-32-17-26(36)33(29(32)38)27(20(4)34)28(37)31-22-16-21(10-12-24(22)39-5)30-25(35)8-7-14-40-23-11-9-18(2)15-19(23)3/h6,9-12,15-16,27H,1,7-8,13-14,17H2,2-5H3,(H,30,35)(H,31,37). The van der Waals surface area contributed by atoms with Gasteiger partial charge in [-0.1, -0.05) is 23.8 Å². The van der Waals surface area contributed by atoms with Crippen molar-refractivity contribution in [2.45, 2.75) is 39.7 Å². The molecule has 1 unspecified atom stereocenters. The SMILES string of the molecule is C=CCN1CC(=O)N(C(C(C)=O)C(=O)Nc2cc(NC(=O)CCCOc3ccc(C)cc3C)ccc2OC)C1=O. The summed E-state index contributed by atoms with van der Waals surface area (Å²) in [6.07, 6.45) is 2.13. The van der Waals surface area contributed by atoms with E-state index in [1.807, 2.05) is 32.0 Å². The van der Waals surface area contributed by atoms with Gasteiger partial charge in [0.1, 0.15) is 18.0 Å². The number of benzene rings is 2. The predicted molar refractivity (Wildman–Crippen MR) is 149 cm³/mol. The van der Waals surface area contributed by atoms with Crippen molar-refractivity contribution in [2.24, 2.45) is 0 Å². The molecule has 0 spiro atoms. The molecule has 0 aromatic heterocycles. The first-order valence-corrected chi connectivity index (χ1v) is 12.8. The summed E-state index contributed by atoms with van der Waals surface area (Å²) >= 11 is 0. The number of rotatable bonds is 13. The number of methoxy groups -OCH3 is 1. The van der Waals surface area contributed by atoms with Crippen LogP contribution in [0.3, 0.4) is 0 Å². The third-order valence-corrected chi connectivity index (χ3v) is 6.19. The minimum absolute atomic E-state index is 0.0978. The van der Waals surface area contributed by atoms with Gasteiger partial charge in [-0.3, -0.25) is 19.2 Å². The number of hydrogen-bond acceptors (Lipinski definition) is 7. The van der Waals surface area contributed by atoms with Crippen LogP contribution in [-0.2, 0) is 19.2 Å². The number of nitrogens with zero attached hydrogens (tertiary/aromatic N) is 2. The van der Waals surface area contributed by atoms with Crippen molar-refractivity contribution in [1.82, 2.24) is 9.80 Å². The topological polar surface area (TPSA) is 134 Å². The lowest BCUT2D eigenvalue weighted by atomic mass is 10.1. The number of Topliss-reactive ketones (excluding diaryl/α,β-unsaturated/α-hetero) is 1. The third-order valence-electron chi connectivity index (χ3n) is 6.19. The molecule has 1 heterocycles. The van der Waals surface area contributed by atoms with Gasteiger partial charge in [0.05, 0.1) is 19.4 Å². The van der Waals surface area contributed by atoms with Gasteiger partial charge >= 0.3 is 6.03 Å². The van der Waals surface area contributed by atoms with Gasteiger partial charge in [0.25, 0.3) is 11.8 Å². The second-order valence-corrected chi connectivity index (χ2v) is 9.40. The van der Waals surface area contributed by atoms with Crippen LogP contribution in [0, 0.1) is 13.8 Å². The maximum absolute atomic E-state index is 13.2. The van der Waals surface area contributed by atoms with Gasteiger partial charge in [-0.2, -0.15) is 0 Å². The molecule has 11 heteroatoms.